The van der Waals surface area contributed by atoms with Crippen LogP contribution < -0.4 is 0 Å². The molecule has 2 saturated carbocycles. The Balaban J connectivity index is 1.64. The van der Waals surface area contributed by atoms with Gasteiger partial charge >= 0.3 is 0 Å². The van der Waals surface area contributed by atoms with E-state index >= 15 is 0 Å². The number of unbranched alkanes of at least 4 members (excludes halogenated alkanes) is 1. The molecule has 2 fully saturated rings. The molecule has 23 heavy (non-hydrogen) atoms. The zero-order valence-electron chi connectivity index (χ0n) is 15.8. The van der Waals surface area contributed by atoms with Gasteiger partial charge in [-0.15, -0.1) is 0 Å². The van der Waals surface area contributed by atoms with E-state index in [1.54, 1.807) is 0 Å². The Morgan fingerprint density at radius 1 is 0.783 bits per heavy atom. The van der Waals surface area contributed by atoms with Crippen LogP contribution in [0.2, 0.25) is 0 Å². The molecular formula is C22H39N. The van der Waals surface area contributed by atoms with Gasteiger partial charge in [-0.25, -0.2) is 0 Å². The highest BCUT2D eigenvalue weighted by molar-refractivity contribution is 5.01. The molecule has 0 bridgehead atoms. The summed E-state index contributed by atoms with van der Waals surface area (Å²) < 4.78 is 0. The van der Waals surface area contributed by atoms with E-state index in [0.29, 0.717) is 0 Å². The van der Waals surface area contributed by atoms with E-state index in [4.69, 9.17) is 0 Å². The zero-order valence-corrected chi connectivity index (χ0v) is 15.8. The lowest BCUT2D eigenvalue weighted by Gasteiger charge is -2.36. The van der Waals surface area contributed by atoms with Gasteiger partial charge in [-0.1, -0.05) is 78.1 Å². The Kier molecular flexibility index (Phi) is 7.94. The molecule has 0 aliphatic heterocycles. The minimum absolute atomic E-state index is 0.0464. The molecule has 0 unspecified atom stereocenters. The van der Waals surface area contributed by atoms with Gasteiger partial charge in [-0.05, 0) is 49.9 Å². The molecular weight excluding hydrogens is 278 g/mol. The minimum atomic E-state index is 0.0464. The number of hydrogen-bond acceptors (Lipinski definition) is 1. The first kappa shape index (κ1) is 18.8. The number of hydrogen-bond donors (Lipinski definition) is 0. The monoisotopic (exact) mass is 317 g/mol. The van der Waals surface area contributed by atoms with Crippen LogP contribution in [0, 0.1) is 34.5 Å². The zero-order chi connectivity index (χ0) is 16.5. The molecule has 1 heteroatoms. The molecule has 0 aromatic rings. The average molecular weight is 318 g/mol. The SMILES string of the molecule is CCCC[C@]1(C#N)CC[C@H](CC[C@H]2CC[C@H](CCC)CC2)CC1. The van der Waals surface area contributed by atoms with Crippen LogP contribution in [0.25, 0.3) is 0 Å². The molecule has 1 nitrogen and oxygen atoms in total. The second-order valence-corrected chi connectivity index (χ2v) is 8.69. The second kappa shape index (κ2) is 9.71. The molecule has 0 spiro atoms. The summed E-state index contributed by atoms with van der Waals surface area (Å²) in [6.45, 7) is 4.57. The van der Waals surface area contributed by atoms with Crippen LogP contribution in [0.3, 0.4) is 0 Å². The van der Waals surface area contributed by atoms with E-state index in [9.17, 15) is 5.26 Å². The van der Waals surface area contributed by atoms with Crippen LogP contribution in [-0.4, -0.2) is 0 Å². The van der Waals surface area contributed by atoms with E-state index in [0.717, 1.165) is 24.2 Å². The Morgan fingerprint density at radius 3 is 1.78 bits per heavy atom. The molecule has 0 atom stereocenters. The van der Waals surface area contributed by atoms with Gasteiger partial charge in [-0.3, -0.25) is 0 Å². The highest BCUT2D eigenvalue weighted by Crippen LogP contribution is 2.44. The number of rotatable bonds is 8. The molecule has 2 aliphatic carbocycles. The smallest absolute Gasteiger partial charge is 0.0689 e. The van der Waals surface area contributed by atoms with Crippen LogP contribution in [0.15, 0.2) is 0 Å². The summed E-state index contributed by atoms with van der Waals surface area (Å²) in [6.07, 6.45) is 20.3. The van der Waals surface area contributed by atoms with Crippen molar-refractivity contribution >= 4 is 0 Å². The summed E-state index contributed by atoms with van der Waals surface area (Å²) in [4.78, 5) is 0. The second-order valence-electron chi connectivity index (χ2n) is 8.69. The molecule has 0 N–H and O–H groups in total. The molecule has 0 saturated heterocycles. The van der Waals surface area contributed by atoms with E-state index in [1.807, 2.05) is 0 Å². The Hall–Kier alpha value is -0.510. The van der Waals surface area contributed by atoms with Crippen LogP contribution in [-0.2, 0) is 0 Å². The Labute approximate surface area is 145 Å². The lowest BCUT2D eigenvalue weighted by molar-refractivity contribution is 0.171. The fourth-order valence-corrected chi connectivity index (χ4v) is 5.14. The van der Waals surface area contributed by atoms with Gasteiger partial charge in [0.15, 0.2) is 0 Å². The lowest BCUT2D eigenvalue weighted by Crippen LogP contribution is -2.26. The normalized spacial score (nSPS) is 34.9. The fraction of sp³-hybridized carbons (Fsp3) is 0.955. The molecule has 0 heterocycles. The maximum atomic E-state index is 9.61. The molecule has 2 rings (SSSR count). The summed E-state index contributed by atoms with van der Waals surface area (Å²) >= 11 is 0. The quantitative estimate of drug-likeness (QED) is 0.462. The van der Waals surface area contributed by atoms with Gasteiger partial charge in [0.2, 0.25) is 0 Å². The van der Waals surface area contributed by atoms with Crippen LogP contribution >= 0.6 is 0 Å². The van der Waals surface area contributed by atoms with Gasteiger partial charge in [0, 0.05) is 0 Å². The predicted octanol–water partition coefficient (Wildman–Crippen LogP) is 7.26. The average Bonchev–Trinajstić information content (AvgIpc) is 2.61. The number of nitriles is 1. The predicted molar refractivity (Wildman–Crippen MR) is 99.1 cm³/mol. The summed E-state index contributed by atoms with van der Waals surface area (Å²) in [7, 11) is 0. The van der Waals surface area contributed by atoms with Gasteiger partial charge in [0.25, 0.3) is 0 Å². The lowest BCUT2D eigenvalue weighted by atomic mass is 9.67. The Morgan fingerprint density at radius 2 is 1.30 bits per heavy atom. The first-order chi connectivity index (χ1) is 11.2. The van der Waals surface area contributed by atoms with Crippen molar-refractivity contribution in [2.45, 2.75) is 110 Å². The van der Waals surface area contributed by atoms with Crippen molar-refractivity contribution in [3.63, 3.8) is 0 Å². The molecule has 0 aromatic heterocycles. The molecule has 2 aliphatic rings. The number of nitrogens with zero attached hydrogens (tertiary/aromatic N) is 1. The van der Waals surface area contributed by atoms with Gasteiger partial charge < -0.3 is 0 Å². The first-order valence-electron chi connectivity index (χ1n) is 10.6. The third-order valence-electron chi connectivity index (χ3n) is 6.95. The summed E-state index contributed by atoms with van der Waals surface area (Å²) in [5, 5.41) is 9.61. The standard InChI is InChI=1S/C22H39N/c1-3-5-15-22(18-23)16-13-21(14-17-22)12-11-20-9-7-19(6-4-2)8-10-20/h19-21H,3-17H2,1-2H3/t19-,20-,21-,22-. The molecule has 132 valence electrons. The topological polar surface area (TPSA) is 23.8 Å². The third kappa shape index (κ3) is 5.81. The van der Waals surface area contributed by atoms with E-state index in [1.165, 1.54) is 89.9 Å². The summed E-state index contributed by atoms with van der Waals surface area (Å²) in [5.74, 6) is 2.98. The van der Waals surface area contributed by atoms with E-state index in [-0.39, 0.29) is 5.41 Å². The minimum Gasteiger partial charge on any atom is -0.198 e. The molecule has 0 aromatic carbocycles. The van der Waals surface area contributed by atoms with Crippen molar-refractivity contribution < 1.29 is 0 Å². The van der Waals surface area contributed by atoms with E-state index < -0.39 is 0 Å². The van der Waals surface area contributed by atoms with Crippen molar-refractivity contribution in [2.75, 3.05) is 0 Å². The highest BCUT2D eigenvalue weighted by atomic mass is 14.4. The van der Waals surface area contributed by atoms with Crippen molar-refractivity contribution in [1.82, 2.24) is 0 Å². The largest absolute Gasteiger partial charge is 0.198 e. The highest BCUT2D eigenvalue weighted by Gasteiger charge is 2.35. The van der Waals surface area contributed by atoms with Crippen LogP contribution in [0.1, 0.15) is 110 Å². The van der Waals surface area contributed by atoms with Crippen LogP contribution in [0.4, 0.5) is 0 Å². The van der Waals surface area contributed by atoms with E-state index in [2.05, 4.69) is 19.9 Å². The first-order valence-corrected chi connectivity index (χ1v) is 10.6. The molecule has 0 amide bonds. The van der Waals surface area contributed by atoms with Gasteiger partial charge in [0.1, 0.15) is 0 Å². The fourth-order valence-electron chi connectivity index (χ4n) is 5.14. The van der Waals surface area contributed by atoms with Gasteiger partial charge in [-0.2, -0.15) is 5.26 Å². The van der Waals surface area contributed by atoms with Crippen molar-refractivity contribution in [2.24, 2.45) is 23.2 Å². The van der Waals surface area contributed by atoms with Gasteiger partial charge in [0.05, 0.1) is 11.5 Å². The van der Waals surface area contributed by atoms with Crippen molar-refractivity contribution in [3.05, 3.63) is 0 Å². The van der Waals surface area contributed by atoms with Crippen molar-refractivity contribution in [1.29, 1.82) is 5.26 Å². The molecule has 0 radical (unpaired) electrons. The van der Waals surface area contributed by atoms with Crippen molar-refractivity contribution in [3.8, 4) is 6.07 Å². The Bertz CT molecular complexity index is 351. The maximum Gasteiger partial charge on any atom is 0.0689 e. The van der Waals surface area contributed by atoms with Crippen LogP contribution in [0.5, 0.6) is 0 Å². The summed E-state index contributed by atoms with van der Waals surface area (Å²) in [6, 6.07) is 2.70. The summed E-state index contributed by atoms with van der Waals surface area (Å²) in [5.41, 5.74) is 0.0464. The third-order valence-corrected chi connectivity index (χ3v) is 6.95. The maximum absolute atomic E-state index is 9.61.